The average Bonchev–Trinajstić information content (AvgIpc) is 3.33. The molecule has 2 unspecified atom stereocenters. The summed E-state index contributed by atoms with van der Waals surface area (Å²) in [7, 11) is -3.79. The van der Waals surface area contributed by atoms with E-state index >= 15 is 0 Å². The lowest BCUT2D eigenvalue weighted by molar-refractivity contribution is -0.117. The highest BCUT2D eigenvalue weighted by Gasteiger charge is 2.41. The number of carbonyl (C=O) groups is 1. The van der Waals surface area contributed by atoms with Crippen molar-refractivity contribution in [3.8, 4) is 10.6 Å². The third-order valence-electron chi connectivity index (χ3n) is 3.93. The molecule has 2 aromatic rings. The van der Waals surface area contributed by atoms with Gasteiger partial charge in [-0.3, -0.25) is 4.79 Å². The maximum absolute atomic E-state index is 12.9. The summed E-state index contributed by atoms with van der Waals surface area (Å²) in [4.78, 5) is 12.1. The molecule has 0 aromatic carbocycles. The molecular formula is C15H17N3O5S2. The second-order valence-corrected chi connectivity index (χ2v) is 8.75. The summed E-state index contributed by atoms with van der Waals surface area (Å²) in [6.07, 6.45) is 2.96. The largest absolute Gasteiger partial charge is 0.395 e. The molecule has 0 bridgehead atoms. The predicted octanol–water partition coefficient (Wildman–Crippen LogP) is 0.829. The van der Waals surface area contributed by atoms with E-state index < -0.39 is 16.1 Å². The van der Waals surface area contributed by atoms with Crippen LogP contribution < -0.4 is 5.32 Å². The van der Waals surface area contributed by atoms with E-state index in [0.717, 1.165) is 17.4 Å². The van der Waals surface area contributed by atoms with E-state index in [9.17, 15) is 18.3 Å². The maximum Gasteiger partial charge on any atom is 0.252 e. The highest BCUT2D eigenvalue weighted by molar-refractivity contribution is 7.91. The molecule has 3 heterocycles. The topological polar surface area (TPSA) is 113 Å². The van der Waals surface area contributed by atoms with Gasteiger partial charge in [-0.05, 0) is 24.6 Å². The maximum atomic E-state index is 12.9. The number of nitrogens with zero attached hydrogens (tertiary/aromatic N) is 2. The Bertz CT molecular complexity index is 860. The standard InChI is InChI=1S/C15H17N3O5S2/c1-2-14(20)17-10-7-11(9-19)18(8-10)25(21,22)15-4-3-13(24-15)12-5-6-16-23-12/h2-6,10-11,19H,1,7-9H2,(H,17,20). The number of nitrogens with one attached hydrogen (secondary N) is 1. The van der Waals surface area contributed by atoms with Gasteiger partial charge in [0.15, 0.2) is 5.76 Å². The number of carbonyl (C=O) groups excluding carboxylic acids is 1. The van der Waals surface area contributed by atoms with Crippen LogP contribution in [0.5, 0.6) is 0 Å². The minimum absolute atomic E-state index is 0.0999. The van der Waals surface area contributed by atoms with Crippen molar-refractivity contribution in [2.24, 2.45) is 0 Å². The highest BCUT2D eigenvalue weighted by Crippen LogP contribution is 2.34. The SMILES string of the molecule is C=CC(=O)NC1CC(CO)N(S(=O)(=O)c2ccc(-c3ccno3)s2)C1. The third kappa shape index (κ3) is 3.52. The predicted molar refractivity (Wildman–Crippen MR) is 91.3 cm³/mol. The molecule has 2 N–H and O–H groups in total. The average molecular weight is 383 g/mol. The first-order valence-corrected chi connectivity index (χ1v) is 9.78. The Morgan fingerprint density at radius 3 is 2.96 bits per heavy atom. The van der Waals surface area contributed by atoms with E-state index in [2.05, 4.69) is 17.1 Å². The molecular weight excluding hydrogens is 366 g/mol. The molecule has 2 aromatic heterocycles. The van der Waals surface area contributed by atoms with E-state index in [1.165, 1.54) is 16.6 Å². The summed E-state index contributed by atoms with van der Waals surface area (Å²) in [6.45, 7) is 3.16. The molecule has 0 aliphatic carbocycles. The number of hydrogen-bond donors (Lipinski definition) is 2. The molecule has 8 nitrogen and oxygen atoms in total. The first kappa shape index (κ1) is 17.8. The van der Waals surface area contributed by atoms with E-state index in [1.54, 1.807) is 12.1 Å². The Morgan fingerprint density at radius 1 is 1.52 bits per heavy atom. The third-order valence-corrected chi connectivity index (χ3v) is 7.42. The summed E-state index contributed by atoms with van der Waals surface area (Å²) >= 11 is 1.07. The highest BCUT2D eigenvalue weighted by atomic mass is 32.2. The number of hydrogen-bond acceptors (Lipinski definition) is 7. The molecule has 1 aliphatic rings. The number of aliphatic hydroxyl groups is 1. The van der Waals surface area contributed by atoms with Gasteiger partial charge in [-0.15, -0.1) is 11.3 Å². The summed E-state index contributed by atoms with van der Waals surface area (Å²) in [5.41, 5.74) is 0. The van der Waals surface area contributed by atoms with Crippen LogP contribution in [0.15, 0.2) is 45.8 Å². The van der Waals surface area contributed by atoms with Crippen molar-refractivity contribution >= 4 is 27.3 Å². The molecule has 1 amide bonds. The molecule has 2 atom stereocenters. The zero-order chi connectivity index (χ0) is 18.0. The molecule has 0 radical (unpaired) electrons. The minimum Gasteiger partial charge on any atom is -0.395 e. The molecule has 0 spiro atoms. The number of amides is 1. The molecule has 10 heteroatoms. The normalized spacial score (nSPS) is 21.3. The fourth-order valence-corrected chi connectivity index (χ4v) is 5.83. The quantitative estimate of drug-likeness (QED) is 0.715. The number of aromatic nitrogens is 1. The Morgan fingerprint density at radius 2 is 2.32 bits per heavy atom. The van der Waals surface area contributed by atoms with Crippen LogP contribution in [0.1, 0.15) is 6.42 Å². The summed E-state index contributed by atoms with van der Waals surface area (Å²) in [5.74, 6) is 0.118. The van der Waals surface area contributed by atoms with Crippen LogP contribution in [-0.4, -0.2) is 54.1 Å². The molecule has 1 saturated heterocycles. The molecule has 1 fully saturated rings. The van der Waals surface area contributed by atoms with Crippen molar-refractivity contribution in [1.82, 2.24) is 14.8 Å². The van der Waals surface area contributed by atoms with Crippen molar-refractivity contribution in [3.63, 3.8) is 0 Å². The van der Waals surface area contributed by atoms with Gasteiger partial charge in [0, 0.05) is 18.7 Å². The Kier molecular flexibility index (Phi) is 5.04. The fourth-order valence-electron chi connectivity index (χ4n) is 2.76. The van der Waals surface area contributed by atoms with E-state index in [1.807, 2.05) is 0 Å². The van der Waals surface area contributed by atoms with Gasteiger partial charge in [-0.25, -0.2) is 8.42 Å². The zero-order valence-electron chi connectivity index (χ0n) is 13.2. The van der Waals surface area contributed by atoms with Crippen LogP contribution in [-0.2, 0) is 14.8 Å². The fraction of sp³-hybridized carbons (Fsp3) is 0.333. The van der Waals surface area contributed by atoms with Crippen molar-refractivity contribution < 1.29 is 22.8 Å². The van der Waals surface area contributed by atoms with Gasteiger partial charge in [0.25, 0.3) is 10.0 Å². The zero-order valence-corrected chi connectivity index (χ0v) is 14.8. The number of rotatable bonds is 6. The van der Waals surface area contributed by atoms with Crippen LogP contribution in [0.4, 0.5) is 0 Å². The van der Waals surface area contributed by atoms with Gasteiger partial charge < -0.3 is 14.9 Å². The minimum atomic E-state index is -3.79. The smallest absolute Gasteiger partial charge is 0.252 e. The molecule has 3 rings (SSSR count). The van der Waals surface area contributed by atoms with E-state index in [0.29, 0.717) is 17.1 Å². The van der Waals surface area contributed by atoms with Gasteiger partial charge in [0.05, 0.1) is 23.7 Å². The van der Waals surface area contributed by atoms with Crippen LogP contribution >= 0.6 is 11.3 Å². The van der Waals surface area contributed by atoms with E-state index in [4.69, 9.17) is 4.52 Å². The molecule has 1 aliphatic heterocycles. The van der Waals surface area contributed by atoms with Gasteiger partial charge >= 0.3 is 0 Å². The summed E-state index contributed by atoms with van der Waals surface area (Å²) in [5, 5.41) is 15.8. The molecule has 0 saturated carbocycles. The lowest BCUT2D eigenvalue weighted by Crippen LogP contribution is -2.39. The lowest BCUT2D eigenvalue weighted by atomic mass is 10.2. The second-order valence-electron chi connectivity index (χ2n) is 5.55. The second kappa shape index (κ2) is 7.08. The molecule has 25 heavy (non-hydrogen) atoms. The monoisotopic (exact) mass is 383 g/mol. The van der Waals surface area contributed by atoms with Crippen molar-refractivity contribution in [1.29, 1.82) is 0 Å². The van der Waals surface area contributed by atoms with Gasteiger partial charge in [0.1, 0.15) is 4.21 Å². The first-order valence-electron chi connectivity index (χ1n) is 7.52. The van der Waals surface area contributed by atoms with E-state index in [-0.39, 0.29) is 29.3 Å². The molecule has 134 valence electrons. The van der Waals surface area contributed by atoms with Crippen LogP contribution in [0.25, 0.3) is 10.6 Å². The van der Waals surface area contributed by atoms with Crippen LogP contribution in [0.2, 0.25) is 0 Å². The number of aliphatic hydroxyl groups excluding tert-OH is 1. The van der Waals surface area contributed by atoms with Crippen molar-refractivity contribution in [2.45, 2.75) is 22.7 Å². The number of sulfonamides is 1. The summed E-state index contributed by atoms with van der Waals surface area (Å²) in [6, 6.07) is 3.85. The lowest BCUT2D eigenvalue weighted by Gasteiger charge is -2.21. The van der Waals surface area contributed by atoms with Crippen molar-refractivity contribution in [2.75, 3.05) is 13.2 Å². The van der Waals surface area contributed by atoms with Crippen LogP contribution in [0, 0.1) is 0 Å². The summed E-state index contributed by atoms with van der Waals surface area (Å²) < 4.78 is 32.3. The Hall–Kier alpha value is -2.01. The Labute approximate surface area is 148 Å². The van der Waals surface area contributed by atoms with Gasteiger partial charge in [0.2, 0.25) is 5.91 Å². The number of thiophene rings is 1. The van der Waals surface area contributed by atoms with Crippen molar-refractivity contribution in [3.05, 3.63) is 37.1 Å². The Balaban J connectivity index is 1.83. The van der Waals surface area contributed by atoms with Gasteiger partial charge in [-0.1, -0.05) is 11.7 Å². The van der Waals surface area contributed by atoms with Crippen LogP contribution in [0.3, 0.4) is 0 Å². The van der Waals surface area contributed by atoms with Gasteiger partial charge in [-0.2, -0.15) is 4.31 Å². The first-order chi connectivity index (χ1) is 12.0.